The highest BCUT2D eigenvalue weighted by Gasteiger charge is 2.40. The van der Waals surface area contributed by atoms with E-state index in [0.29, 0.717) is 23.9 Å². The molecule has 2 fully saturated rings. The van der Waals surface area contributed by atoms with Gasteiger partial charge in [-0.3, -0.25) is 4.79 Å². The molecule has 1 amide bonds. The molecule has 3 atom stereocenters. The Morgan fingerprint density at radius 2 is 2.00 bits per heavy atom. The van der Waals surface area contributed by atoms with E-state index >= 15 is 0 Å². The minimum atomic E-state index is -0.126. The van der Waals surface area contributed by atoms with Gasteiger partial charge in [0.05, 0.1) is 10.3 Å². The van der Waals surface area contributed by atoms with Crippen LogP contribution in [0.4, 0.5) is 0 Å². The fourth-order valence-electron chi connectivity index (χ4n) is 4.00. The second kappa shape index (κ2) is 7.52. The first-order valence-corrected chi connectivity index (χ1v) is 9.05. The molecule has 0 spiro atoms. The lowest BCUT2D eigenvalue weighted by atomic mass is 9.67. The Bertz CT molecular complexity index is 508. The molecule has 0 aromatic carbocycles. The van der Waals surface area contributed by atoms with E-state index in [4.69, 9.17) is 17.3 Å². The third-order valence-corrected chi connectivity index (χ3v) is 6.51. The normalized spacial score (nSPS) is 32.0. The van der Waals surface area contributed by atoms with Crippen LogP contribution in [0.15, 0.2) is 12.1 Å². The van der Waals surface area contributed by atoms with Crippen molar-refractivity contribution < 1.29 is 4.79 Å². The summed E-state index contributed by atoms with van der Waals surface area (Å²) >= 11 is 7.46. The van der Waals surface area contributed by atoms with Crippen molar-refractivity contribution in [2.45, 2.75) is 57.0 Å². The molecule has 2 aliphatic carbocycles. The number of carbonyl (C=O) groups is 1. The van der Waals surface area contributed by atoms with Gasteiger partial charge in [-0.15, -0.1) is 23.7 Å². The van der Waals surface area contributed by atoms with E-state index in [-0.39, 0.29) is 24.2 Å². The average molecular weight is 363 g/mol. The number of carbonyl (C=O) groups excluding carboxylic acids is 1. The third-order valence-electron chi connectivity index (χ3n) is 5.10. The van der Waals surface area contributed by atoms with Gasteiger partial charge in [-0.1, -0.05) is 18.0 Å². The molecule has 0 saturated heterocycles. The molecule has 6 heteroatoms. The van der Waals surface area contributed by atoms with Crippen LogP contribution < -0.4 is 11.1 Å². The van der Waals surface area contributed by atoms with Crippen molar-refractivity contribution in [3.05, 3.63) is 21.3 Å². The molecule has 3 rings (SSSR count). The Balaban J connectivity index is 0.00000176. The summed E-state index contributed by atoms with van der Waals surface area (Å²) in [7, 11) is 0. The van der Waals surface area contributed by atoms with Gasteiger partial charge in [0.25, 0.3) is 0 Å². The fraction of sp³-hybridized carbons (Fsp3) is 0.688. The Morgan fingerprint density at radius 3 is 2.55 bits per heavy atom. The number of thiophene rings is 1. The number of halogens is 2. The maximum Gasteiger partial charge on any atom is 0.228 e. The van der Waals surface area contributed by atoms with E-state index in [9.17, 15) is 4.79 Å². The molecular formula is C16H24Cl2N2OS. The minimum absolute atomic E-state index is 0. The molecule has 1 heterocycles. The van der Waals surface area contributed by atoms with Crippen LogP contribution in [-0.4, -0.2) is 18.0 Å². The standard InChI is InChI=1S/C16H23ClN2OS.ClH/c1-9(13-5-6-14(17)21-13)16(20)19-15-10-3-2-4-11(15)8-12(18)7-10;/h5-6,9-12,15H,2-4,7-8,18H2,1H3,(H,19,20);1H. The number of rotatable bonds is 3. The van der Waals surface area contributed by atoms with Crippen LogP contribution in [0, 0.1) is 11.8 Å². The van der Waals surface area contributed by atoms with E-state index in [1.54, 1.807) is 0 Å². The van der Waals surface area contributed by atoms with Gasteiger partial charge in [0.15, 0.2) is 0 Å². The van der Waals surface area contributed by atoms with Crippen molar-refractivity contribution in [1.29, 1.82) is 0 Å². The van der Waals surface area contributed by atoms with E-state index in [2.05, 4.69) is 5.32 Å². The van der Waals surface area contributed by atoms with Gasteiger partial charge in [0.2, 0.25) is 5.91 Å². The molecule has 0 radical (unpaired) electrons. The Morgan fingerprint density at radius 1 is 1.36 bits per heavy atom. The lowest BCUT2D eigenvalue weighted by molar-refractivity contribution is -0.124. The van der Waals surface area contributed by atoms with Crippen molar-refractivity contribution in [3.8, 4) is 0 Å². The predicted octanol–water partition coefficient (Wildman–Crippen LogP) is 3.95. The topological polar surface area (TPSA) is 55.1 Å². The number of hydrogen-bond donors (Lipinski definition) is 2. The molecule has 3 unspecified atom stereocenters. The van der Waals surface area contributed by atoms with Gasteiger partial charge < -0.3 is 11.1 Å². The van der Waals surface area contributed by atoms with Crippen molar-refractivity contribution in [2.75, 3.05) is 0 Å². The summed E-state index contributed by atoms with van der Waals surface area (Å²) in [5.74, 6) is 1.14. The zero-order valence-electron chi connectivity index (χ0n) is 12.8. The lowest BCUT2D eigenvalue weighted by Crippen LogP contribution is -2.54. The van der Waals surface area contributed by atoms with Crippen molar-refractivity contribution in [1.82, 2.24) is 5.32 Å². The van der Waals surface area contributed by atoms with Crippen LogP contribution in [0.2, 0.25) is 4.34 Å². The molecule has 124 valence electrons. The first-order chi connectivity index (χ1) is 10.0. The summed E-state index contributed by atoms with van der Waals surface area (Å²) in [6.07, 6.45) is 5.80. The van der Waals surface area contributed by atoms with E-state index in [1.807, 2.05) is 19.1 Å². The maximum atomic E-state index is 12.6. The van der Waals surface area contributed by atoms with Gasteiger partial charge in [0, 0.05) is 17.0 Å². The number of nitrogens with two attached hydrogens (primary N) is 1. The quantitative estimate of drug-likeness (QED) is 0.854. The largest absolute Gasteiger partial charge is 0.352 e. The van der Waals surface area contributed by atoms with E-state index in [1.165, 1.54) is 30.6 Å². The summed E-state index contributed by atoms with van der Waals surface area (Å²) in [4.78, 5) is 13.6. The molecule has 3 N–H and O–H groups in total. The molecule has 2 aliphatic rings. The molecule has 22 heavy (non-hydrogen) atoms. The van der Waals surface area contributed by atoms with E-state index in [0.717, 1.165) is 22.1 Å². The summed E-state index contributed by atoms with van der Waals surface area (Å²) in [5, 5.41) is 3.32. The molecule has 2 saturated carbocycles. The maximum absolute atomic E-state index is 12.6. The van der Waals surface area contributed by atoms with Crippen LogP contribution in [0.1, 0.15) is 49.8 Å². The first-order valence-electron chi connectivity index (χ1n) is 7.85. The lowest BCUT2D eigenvalue weighted by Gasteiger charge is -2.45. The fourth-order valence-corrected chi connectivity index (χ4v) is 5.12. The Labute approximate surface area is 147 Å². The molecule has 3 nitrogen and oxygen atoms in total. The molecule has 2 bridgehead atoms. The zero-order chi connectivity index (χ0) is 15.0. The Hall–Kier alpha value is -0.290. The van der Waals surface area contributed by atoms with Crippen LogP contribution >= 0.6 is 35.3 Å². The van der Waals surface area contributed by atoms with Crippen LogP contribution in [-0.2, 0) is 4.79 Å². The van der Waals surface area contributed by atoms with Crippen LogP contribution in [0.25, 0.3) is 0 Å². The predicted molar refractivity (Wildman–Crippen MR) is 95.0 cm³/mol. The molecule has 1 aromatic heterocycles. The second-order valence-electron chi connectivity index (χ2n) is 6.58. The van der Waals surface area contributed by atoms with Gasteiger partial charge >= 0.3 is 0 Å². The smallest absolute Gasteiger partial charge is 0.228 e. The van der Waals surface area contributed by atoms with Crippen molar-refractivity contribution in [3.63, 3.8) is 0 Å². The van der Waals surface area contributed by atoms with Gasteiger partial charge in [-0.05, 0) is 56.6 Å². The number of nitrogens with one attached hydrogen (secondary N) is 1. The highest BCUT2D eigenvalue weighted by atomic mass is 35.5. The molecule has 1 aromatic rings. The summed E-state index contributed by atoms with van der Waals surface area (Å²) in [6, 6.07) is 4.46. The van der Waals surface area contributed by atoms with Gasteiger partial charge in [-0.25, -0.2) is 0 Å². The third kappa shape index (κ3) is 3.78. The highest BCUT2D eigenvalue weighted by molar-refractivity contribution is 7.16. The summed E-state index contributed by atoms with van der Waals surface area (Å²) < 4.78 is 0.741. The van der Waals surface area contributed by atoms with Crippen molar-refractivity contribution >= 4 is 41.3 Å². The van der Waals surface area contributed by atoms with Crippen molar-refractivity contribution in [2.24, 2.45) is 17.6 Å². The molecule has 0 aliphatic heterocycles. The number of hydrogen-bond acceptors (Lipinski definition) is 3. The Kier molecular flexibility index (Phi) is 6.17. The molecular weight excluding hydrogens is 339 g/mol. The van der Waals surface area contributed by atoms with Crippen LogP contribution in [0.5, 0.6) is 0 Å². The summed E-state index contributed by atoms with van der Waals surface area (Å²) in [6.45, 7) is 1.96. The van der Waals surface area contributed by atoms with E-state index < -0.39 is 0 Å². The summed E-state index contributed by atoms with van der Waals surface area (Å²) in [5.41, 5.74) is 6.15. The van der Waals surface area contributed by atoms with Crippen LogP contribution in [0.3, 0.4) is 0 Å². The van der Waals surface area contributed by atoms with Gasteiger partial charge in [0.1, 0.15) is 0 Å². The zero-order valence-corrected chi connectivity index (χ0v) is 15.1. The SMILES string of the molecule is CC(C(=O)NC1C2CCCC1CC(N)C2)c1ccc(Cl)s1.Cl. The minimum Gasteiger partial charge on any atom is -0.352 e. The highest BCUT2D eigenvalue weighted by Crippen LogP contribution is 2.40. The number of amides is 1. The first kappa shape index (κ1) is 18.1. The van der Waals surface area contributed by atoms with Gasteiger partial charge in [-0.2, -0.15) is 0 Å². The monoisotopic (exact) mass is 362 g/mol. The second-order valence-corrected chi connectivity index (χ2v) is 8.33. The number of fused-ring (bicyclic) bond motifs is 2. The average Bonchev–Trinajstić information content (AvgIpc) is 2.85.